The lowest BCUT2D eigenvalue weighted by Crippen LogP contribution is -2.63. The Morgan fingerprint density at radius 3 is 2.62 bits per heavy atom. The monoisotopic (exact) mass is 298 g/mol. The van der Waals surface area contributed by atoms with Gasteiger partial charge in [0.05, 0.1) is 6.04 Å². The zero-order valence-electron chi connectivity index (χ0n) is 12.6. The number of alkyl halides is 1. The van der Waals surface area contributed by atoms with Crippen LogP contribution >= 0.6 is 0 Å². The van der Waals surface area contributed by atoms with Crippen molar-refractivity contribution in [3.8, 4) is 0 Å². The van der Waals surface area contributed by atoms with Crippen LogP contribution in [0.5, 0.6) is 0 Å². The molecule has 3 atom stereocenters. The summed E-state index contributed by atoms with van der Waals surface area (Å²) in [6, 6.07) is -0.258. The lowest BCUT2D eigenvalue weighted by Gasteiger charge is -2.44. The highest BCUT2D eigenvalue weighted by atomic mass is 19.1. The molecule has 120 valence electrons. The molecule has 5 nitrogen and oxygen atoms in total. The summed E-state index contributed by atoms with van der Waals surface area (Å²) in [7, 11) is 0. The van der Waals surface area contributed by atoms with Gasteiger partial charge in [-0.05, 0) is 38.3 Å². The highest BCUT2D eigenvalue weighted by molar-refractivity contribution is 5.78. The third-order valence-electron chi connectivity index (χ3n) is 5.25. The van der Waals surface area contributed by atoms with Gasteiger partial charge in [-0.15, -0.1) is 0 Å². The Morgan fingerprint density at radius 1 is 1.24 bits per heavy atom. The summed E-state index contributed by atoms with van der Waals surface area (Å²) in [5, 5.41) is 3.04. The molecule has 3 aliphatic rings. The van der Waals surface area contributed by atoms with Gasteiger partial charge in [0.1, 0.15) is 6.17 Å². The van der Waals surface area contributed by atoms with Gasteiger partial charge < -0.3 is 16.0 Å². The van der Waals surface area contributed by atoms with Crippen LogP contribution in [-0.2, 0) is 4.79 Å². The fourth-order valence-corrected chi connectivity index (χ4v) is 4.04. The van der Waals surface area contributed by atoms with Crippen molar-refractivity contribution in [1.82, 2.24) is 15.1 Å². The molecule has 0 spiro atoms. The number of nitrogens with two attached hydrogens (primary N) is 1. The maximum absolute atomic E-state index is 14.1. The molecule has 3 saturated heterocycles. The molecule has 0 saturated carbocycles. The van der Waals surface area contributed by atoms with Crippen LogP contribution in [0.25, 0.3) is 0 Å². The highest BCUT2D eigenvalue weighted by Gasteiger charge is 2.37. The van der Waals surface area contributed by atoms with Crippen LogP contribution in [0.15, 0.2) is 0 Å². The van der Waals surface area contributed by atoms with Crippen molar-refractivity contribution in [1.29, 1.82) is 0 Å². The number of likely N-dealkylation sites (tertiary alicyclic amines) is 2. The van der Waals surface area contributed by atoms with Gasteiger partial charge in [0, 0.05) is 38.6 Å². The molecular formula is C15H27FN4O. The summed E-state index contributed by atoms with van der Waals surface area (Å²) in [6.07, 6.45) is 2.95. The number of halogens is 1. The van der Waals surface area contributed by atoms with Crippen molar-refractivity contribution in [3.05, 3.63) is 0 Å². The van der Waals surface area contributed by atoms with E-state index in [-0.39, 0.29) is 12.1 Å². The second kappa shape index (κ2) is 6.58. The summed E-state index contributed by atoms with van der Waals surface area (Å²) < 4.78 is 14.1. The molecule has 1 amide bonds. The van der Waals surface area contributed by atoms with Crippen molar-refractivity contribution in [2.45, 2.75) is 43.9 Å². The SMILES string of the molecule is NC1CNCC(F)C1N1CCC(CN2CCCC2=O)CC1. The summed E-state index contributed by atoms with van der Waals surface area (Å²) in [4.78, 5) is 15.9. The number of carbonyl (C=O) groups is 1. The molecule has 3 N–H and O–H groups in total. The Morgan fingerprint density at radius 2 is 2.00 bits per heavy atom. The van der Waals surface area contributed by atoms with Crippen LogP contribution in [0.2, 0.25) is 0 Å². The number of nitrogens with one attached hydrogen (secondary N) is 1. The van der Waals surface area contributed by atoms with Gasteiger partial charge in [0.15, 0.2) is 0 Å². The number of rotatable bonds is 3. The maximum atomic E-state index is 14.1. The first-order valence-electron chi connectivity index (χ1n) is 8.27. The number of piperidine rings is 2. The first-order chi connectivity index (χ1) is 10.1. The number of nitrogens with zero attached hydrogens (tertiary/aromatic N) is 2. The van der Waals surface area contributed by atoms with Crippen LogP contribution in [0.3, 0.4) is 0 Å². The fourth-order valence-electron chi connectivity index (χ4n) is 4.04. The molecule has 21 heavy (non-hydrogen) atoms. The van der Waals surface area contributed by atoms with Gasteiger partial charge in [-0.3, -0.25) is 9.69 Å². The van der Waals surface area contributed by atoms with Crippen LogP contribution in [0.1, 0.15) is 25.7 Å². The zero-order valence-corrected chi connectivity index (χ0v) is 12.6. The second-order valence-electron chi connectivity index (χ2n) is 6.75. The van der Waals surface area contributed by atoms with E-state index in [0.29, 0.717) is 31.3 Å². The number of hydrogen-bond donors (Lipinski definition) is 2. The van der Waals surface area contributed by atoms with Crippen LogP contribution in [0.4, 0.5) is 4.39 Å². The molecule has 0 aliphatic carbocycles. The molecule has 0 aromatic carbocycles. The lowest BCUT2D eigenvalue weighted by molar-refractivity contribution is -0.128. The molecule has 0 bridgehead atoms. The minimum absolute atomic E-state index is 0.120. The van der Waals surface area contributed by atoms with Crippen LogP contribution < -0.4 is 11.1 Å². The van der Waals surface area contributed by atoms with E-state index >= 15 is 0 Å². The molecule has 3 unspecified atom stereocenters. The molecule has 0 aromatic rings. The van der Waals surface area contributed by atoms with E-state index in [4.69, 9.17) is 5.73 Å². The van der Waals surface area contributed by atoms with Gasteiger partial charge in [0.25, 0.3) is 0 Å². The van der Waals surface area contributed by atoms with Gasteiger partial charge in [-0.1, -0.05) is 0 Å². The largest absolute Gasteiger partial charge is 0.342 e. The zero-order chi connectivity index (χ0) is 14.8. The molecule has 3 rings (SSSR count). The quantitative estimate of drug-likeness (QED) is 0.767. The smallest absolute Gasteiger partial charge is 0.222 e. The highest BCUT2D eigenvalue weighted by Crippen LogP contribution is 2.25. The Kier molecular flexibility index (Phi) is 4.76. The summed E-state index contributed by atoms with van der Waals surface area (Å²) >= 11 is 0. The minimum atomic E-state index is -0.870. The van der Waals surface area contributed by atoms with Crippen molar-refractivity contribution in [2.24, 2.45) is 11.7 Å². The first kappa shape index (κ1) is 15.2. The van der Waals surface area contributed by atoms with E-state index in [2.05, 4.69) is 10.2 Å². The molecule has 3 fully saturated rings. The van der Waals surface area contributed by atoms with Crippen molar-refractivity contribution < 1.29 is 9.18 Å². The Balaban J connectivity index is 1.49. The van der Waals surface area contributed by atoms with E-state index in [1.54, 1.807) is 0 Å². The number of carbonyl (C=O) groups excluding carboxylic acids is 1. The van der Waals surface area contributed by atoms with Gasteiger partial charge in [-0.2, -0.15) is 0 Å². The molecular weight excluding hydrogens is 271 g/mol. The van der Waals surface area contributed by atoms with E-state index in [1.165, 1.54) is 0 Å². The van der Waals surface area contributed by atoms with Crippen molar-refractivity contribution in [3.63, 3.8) is 0 Å². The van der Waals surface area contributed by atoms with E-state index in [9.17, 15) is 9.18 Å². The van der Waals surface area contributed by atoms with E-state index < -0.39 is 6.17 Å². The van der Waals surface area contributed by atoms with E-state index in [1.807, 2.05) is 4.90 Å². The Hall–Kier alpha value is -0.720. The Bertz CT molecular complexity index is 363. The molecule has 6 heteroatoms. The van der Waals surface area contributed by atoms with Gasteiger partial charge in [-0.25, -0.2) is 4.39 Å². The average molecular weight is 298 g/mol. The fraction of sp³-hybridized carbons (Fsp3) is 0.933. The molecule has 3 aliphatic heterocycles. The lowest BCUT2D eigenvalue weighted by atomic mass is 9.91. The topological polar surface area (TPSA) is 61.6 Å². The summed E-state index contributed by atoms with van der Waals surface area (Å²) in [6.45, 7) is 4.75. The number of hydrogen-bond acceptors (Lipinski definition) is 4. The summed E-state index contributed by atoms with van der Waals surface area (Å²) in [5.74, 6) is 0.876. The second-order valence-corrected chi connectivity index (χ2v) is 6.75. The Labute approximate surface area is 126 Å². The minimum Gasteiger partial charge on any atom is -0.342 e. The summed E-state index contributed by atoms with van der Waals surface area (Å²) in [5.41, 5.74) is 6.09. The van der Waals surface area contributed by atoms with Crippen LogP contribution in [-0.4, -0.2) is 73.2 Å². The first-order valence-corrected chi connectivity index (χ1v) is 8.27. The normalized spacial score (nSPS) is 36.4. The predicted molar refractivity (Wildman–Crippen MR) is 79.6 cm³/mol. The van der Waals surface area contributed by atoms with Gasteiger partial charge >= 0.3 is 0 Å². The van der Waals surface area contributed by atoms with E-state index in [0.717, 1.165) is 45.4 Å². The molecule has 3 heterocycles. The van der Waals surface area contributed by atoms with Crippen molar-refractivity contribution >= 4 is 5.91 Å². The predicted octanol–water partition coefficient (Wildman–Crippen LogP) is -0.0420. The average Bonchev–Trinajstić information content (AvgIpc) is 2.86. The molecule has 0 radical (unpaired) electrons. The third kappa shape index (κ3) is 3.38. The van der Waals surface area contributed by atoms with Gasteiger partial charge in [0.2, 0.25) is 5.91 Å². The third-order valence-corrected chi connectivity index (χ3v) is 5.25. The van der Waals surface area contributed by atoms with Crippen molar-refractivity contribution in [2.75, 3.05) is 39.3 Å². The van der Waals surface area contributed by atoms with Crippen LogP contribution in [0, 0.1) is 5.92 Å². The molecule has 0 aromatic heterocycles. The standard InChI is InChI=1S/C15H27FN4O/c16-12-8-18-9-13(17)15(12)19-6-3-11(4-7-19)10-20-5-1-2-14(20)21/h11-13,15,18H,1-10,17H2. The number of amides is 1. The maximum Gasteiger partial charge on any atom is 0.222 e.